The molecule has 1 fully saturated rings. The first-order valence-corrected chi connectivity index (χ1v) is 16.6. The summed E-state index contributed by atoms with van der Waals surface area (Å²) in [5, 5.41) is 3.38. The van der Waals surface area contributed by atoms with E-state index in [1.165, 1.54) is 19.4 Å². The standard InChI is InChI=1S/C34H43FN4O3.C3H8.CH2O/c1-6-28(7-2)39-33-14-11-26(25(5)40)21-32(33)37-34(39)30-13-12-29(22-31(30)35)42-23-24(4)20-27(36-8-3)10-9-15-38-16-18-41-19-17-38;1-3-2;1-2/h9-15,20-22,28,36H,6-8,16-19,23H2,1-5H3;3H2,1-2H3;1H2/b15-9+,24-20+,27-10+;;. The Kier molecular flexibility index (Phi) is 17.2. The van der Waals surface area contributed by atoms with E-state index < -0.39 is 5.82 Å². The number of fused-ring (bicyclic) bond motifs is 1. The molecule has 1 aliphatic heterocycles. The second kappa shape index (κ2) is 20.8. The molecule has 47 heavy (non-hydrogen) atoms. The Morgan fingerprint density at radius 3 is 2.34 bits per heavy atom. The molecule has 4 rings (SSSR count). The van der Waals surface area contributed by atoms with Crippen LogP contribution in [0.25, 0.3) is 22.4 Å². The number of halogens is 1. The molecule has 256 valence electrons. The molecule has 0 bridgehead atoms. The first-order valence-electron chi connectivity index (χ1n) is 16.6. The quantitative estimate of drug-likeness (QED) is 0.147. The number of ether oxygens (including phenoxy) is 2. The van der Waals surface area contributed by atoms with E-state index in [4.69, 9.17) is 19.3 Å². The minimum Gasteiger partial charge on any atom is -0.489 e. The number of imidazole rings is 1. The van der Waals surface area contributed by atoms with Crippen molar-refractivity contribution in [2.24, 2.45) is 0 Å². The van der Waals surface area contributed by atoms with Crippen molar-refractivity contribution in [1.29, 1.82) is 0 Å². The van der Waals surface area contributed by atoms with Gasteiger partial charge in [-0.1, -0.05) is 34.1 Å². The van der Waals surface area contributed by atoms with Gasteiger partial charge in [-0.05, 0) is 93.9 Å². The van der Waals surface area contributed by atoms with Gasteiger partial charge in [0.05, 0.1) is 29.8 Å². The molecular formula is C38H53FN4O4. The van der Waals surface area contributed by atoms with Crippen LogP contribution in [0, 0.1) is 5.82 Å². The highest BCUT2D eigenvalue weighted by Gasteiger charge is 2.21. The number of likely N-dealkylation sites (N-methyl/N-ethyl adjacent to an activating group) is 1. The van der Waals surface area contributed by atoms with E-state index in [9.17, 15) is 4.79 Å². The molecule has 2 aromatic carbocycles. The van der Waals surface area contributed by atoms with Crippen LogP contribution in [0.1, 0.15) is 84.1 Å². The molecule has 3 aromatic rings. The highest BCUT2D eigenvalue weighted by molar-refractivity contribution is 5.97. The summed E-state index contributed by atoms with van der Waals surface area (Å²) in [6, 6.07) is 10.6. The number of carbonyl (C=O) groups is 2. The number of nitrogens with one attached hydrogen (secondary N) is 1. The first kappa shape index (κ1) is 38.9. The smallest absolute Gasteiger partial charge is 0.159 e. The van der Waals surface area contributed by atoms with Crippen LogP contribution in [0.15, 0.2) is 72.1 Å². The molecule has 9 heteroatoms. The van der Waals surface area contributed by atoms with Crippen molar-refractivity contribution in [2.75, 3.05) is 39.5 Å². The van der Waals surface area contributed by atoms with Gasteiger partial charge in [-0.3, -0.25) is 4.79 Å². The van der Waals surface area contributed by atoms with Crippen molar-refractivity contribution < 1.29 is 23.5 Å². The maximum Gasteiger partial charge on any atom is 0.159 e. The molecule has 1 saturated heterocycles. The van der Waals surface area contributed by atoms with Crippen molar-refractivity contribution in [3.63, 3.8) is 0 Å². The zero-order chi connectivity index (χ0) is 34.8. The van der Waals surface area contributed by atoms with Gasteiger partial charge in [0.15, 0.2) is 5.78 Å². The summed E-state index contributed by atoms with van der Waals surface area (Å²) in [4.78, 5) is 27.0. The van der Waals surface area contributed by atoms with E-state index in [1.807, 2.05) is 44.1 Å². The van der Waals surface area contributed by atoms with E-state index in [0.29, 0.717) is 34.8 Å². The van der Waals surface area contributed by atoms with E-state index >= 15 is 4.39 Å². The van der Waals surface area contributed by atoms with Gasteiger partial charge in [0.25, 0.3) is 0 Å². The number of Topliss-reactive ketones (excluding diaryl/α,β-unsaturated/α-hetero) is 1. The highest BCUT2D eigenvalue weighted by atomic mass is 19.1. The molecule has 0 atom stereocenters. The molecule has 1 aliphatic rings. The summed E-state index contributed by atoms with van der Waals surface area (Å²) in [6.07, 6.45) is 11.2. The highest BCUT2D eigenvalue weighted by Crippen LogP contribution is 2.34. The summed E-state index contributed by atoms with van der Waals surface area (Å²) < 4.78 is 29.1. The van der Waals surface area contributed by atoms with Gasteiger partial charge < -0.3 is 29.1 Å². The van der Waals surface area contributed by atoms with Crippen LogP contribution in [0.2, 0.25) is 0 Å². The molecule has 1 N–H and O–H groups in total. The molecule has 0 unspecified atom stereocenters. The summed E-state index contributed by atoms with van der Waals surface area (Å²) >= 11 is 0. The van der Waals surface area contributed by atoms with E-state index in [2.05, 4.69) is 55.6 Å². The van der Waals surface area contributed by atoms with E-state index in [-0.39, 0.29) is 11.8 Å². The molecule has 8 nitrogen and oxygen atoms in total. The predicted molar refractivity (Wildman–Crippen MR) is 190 cm³/mol. The molecular weight excluding hydrogens is 595 g/mol. The number of hydrogen-bond acceptors (Lipinski definition) is 7. The second-order valence-electron chi connectivity index (χ2n) is 11.3. The van der Waals surface area contributed by atoms with Crippen LogP contribution in [0.3, 0.4) is 0 Å². The van der Waals surface area contributed by atoms with Crippen LogP contribution in [-0.2, 0) is 9.53 Å². The lowest BCUT2D eigenvalue weighted by Gasteiger charge is -2.24. The molecule has 0 spiro atoms. The molecule has 1 aromatic heterocycles. The third-order valence-corrected chi connectivity index (χ3v) is 7.45. The lowest BCUT2D eigenvalue weighted by Crippen LogP contribution is -2.31. The Bertz CT molecular complexity index is 1500. The molecule has 0 aliphatic carbocycles. The number of rotatable bonds is 13. The SMILES string of the molecule is C=O.CCC.CCNC(/C=C(\C)COc1ccc(-c2nc3cc(C(C)=O)ccc3n2C(CC)CC)c(F)c1)=C/C=C/N1CCOCC1. The normalized spacial score (nSPS) is 13.7. The van der Waals surface area contributed by atoms with Crippen molar-refractivity contribution in [3.05, 3.63) is 83.5 Å². The van der Waals surface area contributed by atoms with Gasteiger partial charge in [-0.25, -0.2) is 9.37 Å². The maximum atomic E-state index is 15.6. The average molecular weight is 649 g/mol. The lowest BCUT2D eigenvalue weighted by molar-refractivity contribution is -0.0980. The van der Waals surface area contributed by atoms with Gasteiger partial charge in [0.1, 0.15) is 30.8 Å². The van der Waals surface area contributed by atoms with Crippen molar-refractivity contribution in [2.45, 2.75) is 73.8 Å². The number of carbonyl (C=O) groups excluding carboxylic acids is 2. The predicted octanol–water partition coefficient (Wildman–Crippen LogP) is 8.30. The fraction of sp³-hybridized carbons (Fsp3) is 0.447. The van der Waals surface area contributed by atoms with Gasteiger partial charge in [0, 0.05) is 43.0 Å². The van der Waals surface area contributed by atoms with Crippen molar-refractivity contribution >= 4 is 23.6 Å². The molecule has 0 radical (unpaired) electrons. The van der Waals surface area contributed by atoms with Crippen LogP contribution in [-0.4, -0.2) is 66.5 Å². The zero-order valence-electron chi connectivity index (χ0n) is 29.3. The van der Waals surface area contributed by atoms with Crippen LogP contribution in [0.5, 0.6) is 5.75 Å². The maximum absolute atomic E-state index is 15.6. The summed E-state index contributed by atoms with van der Waals surface area (Å²) in [5.74, 6) is 0.592. The first-order chi connectivity index (χ1) is 22.8. The Labute approximate surface area is 280 Å². The van der Waals surface area contributed by atoms with Gasteiger partial charge >= 0.3 is 0 Å². The average Bonchev–Trinajstić information content (AvgIpc) is 3.44. The number of allylic oxidation sites excluding steroid dienone is 3. The van der Waals surface area contributed by atoms with Crippen LogP contribution < -0.4 is 10.1 Å². The third-order valence-electron chi connectivity index (χ3n) is 7.45. The molecule has 2 heterocycles. The Morgan fingerprint density at radius 2 is 1.74 bits per heavy atom. The van der Waals surface area contributed by atoms with Crippen LogP contribution >= 0.6 is 0 Å². The van der Waals surface area contributed by atoms with Gasteiger partial charge in [-0.15, -0.1) is 0 Å². The number of hydrogen-bond donors (Lipinski definition) is 1. The van der Waals surface area contributed by atoms with Crippen molar-refractivity contribution in [3.8, 4) is 17.1 Å². The number of morpholine rings is 1. The fourth-order valence-electron chi connectivity index (χ4n) is 5.16. The van der Waals surface area contributed by atoms with Gasteiger partial charge in [-0.2, -0.15) is 0 Å². The number of aromatic nitrogens is 2. The largest absolute Gasteiger partial charge is 0.489 e. The second-order valence-corrected chi connectivity index (χ2v) is 11.3. The monoisotopic (exact) mass is 648 g/mol. The van der Waals surface area contributed by atoms with Crippen molar-refractivity contribution in [1.82, 2.24) is 19.8 Å². The third kappa shape index (κ3) is 11.5. The number of ketones is 1. The summed E-state index contributed by atoms with van der Waals surface area (Å²) in [6.45, 7) is 20.5. The van der Waals surface area contributed by atoms with E-state index in [0.717, 1.165) is 62.5 Å². The minimum absolute atomic E-state index is 0.0231. The fourth-order valence-corrected chi connectivity index (χ4v) is 5.16. The number of benzene rings is 2. The topological polar surface area (TPSA) is 85.7 Å². The number of nitrogens with zero attached hydrogens (tertiary/aromatic N) is 3. The van der Waals surface area contributed by atoms with E-state index in [1.54, 1.807) is 18.2 Å². The van der Waals surface area contributed by atoms with Gasteiger partial charge in [0.2, 0.25) is 0 Å². The molecule has 0 amide bonds. The zero-order valence-corrected chi connectivity index (χ0v) is 29.3. The summed E-state index contributed by atoms with van der Waals surface area (Å²) in [7, 11) is 0. The minimum atomic E-state index is -0.398. The Balaban J connectivity index is 0.00000145. The van der Waals surface area contributed by atoms with Crippen LogP contribution in [0.4, 0.5) is 4.39 Å². The molecule has 0 saturated carbocycles. The lowest BCUT2D eigenvalue weighted by atomic mass is 10.1. The Morgan fingerprint density at radius 1 is 1.06 bits per heavy atom. The Hall–Kier alpha value is -4.24. The summed E-state index contributed by atoms with van der Waals surface area (Å²) in [5.41, 5.74) is 4.58.